The van der Waals surface area contributed by atoms with Gasteiger partial charge in [0, 0.05) is 19.2 Å². The van der Waals surface area contributed by atoms with Gasteiger partial charge < -0.3 is 4.90 Å². The van der Waals surface area contributed by atoms with E-state index in [0.29, 0.717) is 0 Å². The van der Waals surface area contributed by atoms with E-state index >= 15 is 0 Å². The molecule has 0 aliphatic carbocycles. The van der Waals surface area contributed by atoms with Crippen LogP contribution in [-0.4, -0.2) is 18.7 Å². The molecule has 0 unspecified atom stereocenters. The van der Waals surface area contributed by atoms with Gasteiger partial charge in [-0.2, -0.15) is 0 Å². The molecule has 1 aromatic carbocycles. The van der Waals surface area contributed by atoms with Gasteiger partial charge in [-0.1, -0.05) is 25.1 Å². The maximum absolute atomic E-state index is 11.5. The van der Waals surface area contributed by atoms with Gasteiger partial charge in [-0.15, -0.1) is 0 Å². The fraction of sp³-hybridized carbons (Fsp3) is 0.273. The van der Waals surface area contributed by atoms with E-state index < -0.39 is 5.91 Å². The molecule has 0 aliphatic heterocycles. The van der Waals surface area contributed by atoms with Crippen LogP contribution in [-0.2, 0) is 9.59 Å². The first kappa shape index (κ1) is 10.4. The summed E-state index contributed by atoms with van der Waals surface area (Å²) in [6.07, 6.45) is 0.246. The van der Waals surface area contributed by atoms with Crippen LogP contribution in [0.3, 0.4) is 0 Å². The van der Waals surface area contributed by atoms with E-state index in [2.05, 4.69) is 0 Å². The summed E-state index contributed by atoms with van der Waals surface area (Å²) in [5.74, 6) is -0.824. The molecule has 0 saturated carbocycles. The number of Topliss-reactive ketones (excluding diaryl/α,β-unsaturated/α-hetero) is 1. The van der Waals surface area contributed by atoms with Crippen molar-refractivity contribution in [3.63, 3.8) is 0 Å². The van der Waals surface area contributed by atoms with Crippen molar-refractivity contribution in [2.24, 2.45) is 0 Å². The molecule has 74 valence electrons. The summed E-state index contributed by atoms with van der Waals surface area (Å²) in [5, 5.41) is 0. The predicted molar refractivity (Wildman–Crippen MR) is 55.2 cm³/mol. The summed E-state index contributed by atoms with van der Waals surface area (Å²) < 4.78 is 0. The number of hydrogen-bond acceptors (Lipinski definition) is 2. The van der Waals surface area contributed by atoms with Gasteiger partial charge in [-0.25, -0.2) is 0 Å². The maximum atomic E-state index is 11.5. The Bertz CT molecular complexity index is 332. The van der Waals surface area contributed by atoms with Gasteiger partial charge in [0.05, 0.1) is 0 Å². The number of carbonyl (C=O) groups excluding carboxylic acids is 2. The normalized spacial score (nSPS) is 9.57. The van der Waals surface area contributed by atoms with Gasteiger partial charge in [-0.05, 0) is 12.1 Å². The maximum Gasteiger partial charge on any atom is 0.294 e. The smallest absolute Gasteiger partial charge is 0.294 e. The second-order valence-corrected chi connectivity index (χ2v) is 2.98. The summed E-state index contributed by atoms with van der Waals surface area (Å²) in [6, 6.07) is 9.11. The van der Waals surface area contributed by atoms with Crippen molar-refractivity contribution in [2.45, 2.75) is 13.3 Å². The molecule has 0 heterocycles. The number of nitrogens with zero attached hydrogens (tertiary/aromatic N) is 1. The van der Waals surface area contributed by atoms with E-state index in [-0.39, 0.29) is 12.2 Å². The fourth-order valence-corrected chi connectivity index (χ4v) is 1.11. The molecule has 14 heavy (non-hydrogen) atoms. The summed E-state index contributed by atoms with van der Waals surface area (Å²) in [6.45, 7) is 1.68. The van der Waals surface area contributed by atoms with Crippen molar-refractivity contribution < 1.29 is 9.59 Å². The first-order chi connectivity index (χ1) is 6.66. The third kappa shape index (κ3) is 2.19. The van der Waals surface area contributed by atoms with Crippen LogP contribution >= 0.6 is 0 Å². The number of ketones is 1. The number of benzene rings is 1. The van der Waals surface area contributed by atoms with E-state index in [4.69, 9.17) is 0 Å². The molecule has 0 radical (unpaired) electrons. The lowest BCUT2D eigenvalue weighted by Crippen LogP contribution is -2.32. The van der Waals surface area contributed by atoms with Gasteiger partial charge >= 0.3 is 0 Å². The molecule has 0 N–H and O–H groups in total. The standard InChI is InChI=1S/C11H13NO2/c1-3-10(13)11(14)12(2)9-7-5-4-6-8-9/h4-8H,3H2,1-2H3. The second-order valence-electron chi connectivity index (χ2n) is 2.98. The molecule has 0 aliphatic rings. The average molecular weight is 191 g/mol. The van der Waals surface area contributed by atoms with Crippen molar-refractivity contribution in [1.29, 1.82) is 0 Å². The van der Waals surface area contributed by atoms with E-state index in [1.807, 2.05) is 18.2 Å². The number of carbonyl (C=O) groups is 2. The molecule has 0 aromatic heterocycles. The van der Waals surface area contributed by atoms with E-state index in [9.17, 15) is 9.59 Å². The molecule has 0 saturated heterocycles. The Balaban J connectivity index is 2.81. The Labute approximate surface area is 83.3 Å². The van der Waals surface area contributed by atoms with Gasteiger partial charge in [-0.3, -0.25) is 9.59 Å². The topological polar surface area (TPSA) is 37.4 Å². The number of anilines is 1. The Kier molecular flexibility index (Phi) is 3.40. The molecule has 0 bridgehead atoms. The van der Waals surface area contributed by atoms with Gasteiger partial charge in [0.15, 0.2) is 0 Å². The van der Waals surface area contributed by atoms with Crippen LogP contribution in [0.25, 0.3) is 0 Å². The summed E-state index contributed by atoms with van der Waals surface area (Å²) in [5.41, 5.74) is 0.735. The number of rotatable bonds is 3. The monoisotopic (exact) mass is 191 g/mol. The summed E-state index contributed by atoms with van der Waals surface area (Å²) in [7, 11) is 1.60. The quantitative estimate of drug-likeness (QED) is 0.681. The number of para-hydroxylation sites is 1. The first-order valence-corrected chi connectivity index (χ1v) is 4.52. The summed E-state index contributed by atoms with van der Waals surface area (Å²) >= 11 is 0. The third-order valence-corrected chi connectivity index (χ3v) is 2.01. The Morgan fingerprint density at radius 2 is 1.79 bits per heavy atom. The van der Waals surface area contributed by atoms with Crippen molar-refractivity contribution in [3.05, 3.63) is 30.3 Å². The minimum atomic E-state index is -0.460. The van der Waals surface area contributed by atoms with Crippen molar-refractivity contribution >= 4 is 17.4 Å². The van der Waals surface area contributed by atoms with Crippen LogP contribution in [0.2, 0.25) is 0 Å². The van der Waals surface area contributed by atoms with Crippen molar-refractivity contribution in [3.8, 4) is 0 Å². The minimum absolute atomic E-state index is 0.246. The largest absolute Gasteiger partial charge is 0.309 e. The number of likely N-dealkylation sites (N-methyl/N-ethyl adjacent to an activating group) is 1. The zero-order valence-corrected chi connectivity index (χ0v) is 8.36. The molecular weight excluding hydrogens is 178 g/mol. The van der Waals surface area contributed by atoms with Crippen molar-refractivity contribution in [1.82, 2.24) is 0 Å². The van der Waals surface area contributed by atoms with Gasteiger partial charge in [0.25, 0.3) is 5.91 Å². The van der Waals surface area contributed by atoms with E-state index in [1.54, 1.807) is 26.1 Å². The highest BCUT2D eigenvalue weighted by molar-refractivity contribution is 6.41. The first-order valence-electron chi connectivity index (χ1n) is 4.52. The van der Waals surface area contributed by atoms with E-state index in [1.165, 1.54) is 4.90 Å². The van der Waals surface area contributed by atoms with E-state index in [0.717, 1.165) is 5.69 Å². The highest BCUT2D eigenvalue weighted by Gasteiger charge is 2.17. The number of hydrogen-bond donors (Lipinski definition) is 0. The van der Waals surface area contributed by atoms with Gasteiger partial charge in [0.2, 0.25) is 5.78 Å². The highest BCUT2D eigenvalue weighted by atomic mass is 16.2. The van der Waals surface area contributed by atoms with Crippen LogP contribution < -0.4 is 4.90 Å². The molecule has 0 spiro atoms. The molecule has 3 nitrogen and oxygen atoms in total. The molecule has 1 aromatic rings. The Morgan fingerprint density at radius 3 is 2.29 bits per heavy atom. The number of amides is 1. The van der Waals surface area contributed by atoms with Crippen molar-refractivity contribution in [2.75, 3.05) is 11.9 Å². The van der Waals surface area contributed by atoms with Crippen LogP contribution in [0.5, 0.6) is 0 Å². The molecule has 0 fully saturated rings. The van der Waals surface area contributed by atoms with Crippen LogP contribution in [0.4, 0.5) is 5.69 Å². The lowest BCUT2D eigenvalue weighted by atomic mass is 10.2. The lowest BCUT2D eigenvalue weighted by Gasteiger charge is -2.15. The fourth-order valence-electron chi connectivity index (χ4n) is 1.11. The van der Waals surface area contributed by atoms with Gasteiger partial charge in [0.1, 0.15) is 0 Å². The second kappa shape index (κ2) is 4.56. The molecule has 1 rings (SSSR count). The highest BCUT2D eigenvalue weighted by Crippen LogP contribution is 2.11. The van der Waals surface area contributed by atoms with Crippen LogP contribution in [0.15, 0.2) is 30.3 Å². The third-order valence-electron chi connectivity index (χ3n) is 2.01. The molecule has 0 atom stereocenters. The molecule has 1 amide bonds. The van der Waals surface area contributed by atoms with Crippen LogP contribution in [0, 0.1) is 0 Å². The minimum Gasteiger partial charge on any atom is -0.309 e. The Hall–Kier alpha value is -1.64. The lowest BCUT2D eigenvalue weighted by molar-refractivity contribution is -0.135. The Morgan fingerprint density at radius 1 is 1.21 bits per heavy atom. The summed E-state index contributed by atoms with van der Waals surface area (Å²) in [4.78, 5) is 24.0. The zero-order chi connectivity index (χ0) is 10.6. The SMILES string of the molecule is CCC(=O)C(=O)N(C)c1ccccc1. The predicted octanol–water partition coefficient (Wildman–Crippen LogP) is 1.63. The zero-order valence-electron chi connectivity index (χ0n) is 8.36. The average Bonchev–Trinajstić information content (AvgIpc) is 2.27. The molecule has 3 heteroatoms. The molecular formula is C11H13NO2. The van der Waals surface area contributed by atoms with Crippen LogP contribution in [0.1, 0.15) is 13.3 Å².